The minimum Gasteiger partial charge on any atom is -0.389 e. The average molecular weight is 333 g/mol. The molecule has 0 saturated carbocycles. The van der Waals surface area contributed by atoms with Gasteiger partial charge < -0.3 is 5.73 Å². The van der Waals surface area contributed by atoms with Gasteiger partial charge in [0.15, 0.2) is 0 Å². The van der Waals surface area contributed by atoms with Crippen LogP contribution in [0.5, 0.6) is 0 Å². The highest BCUT2D eigenvalue weighted by atomic mass is 32.2. The molecule has 112 valence electrons. The first-order valence-electron chi connectivity index (χ1n) is 6.21. The van der Waals surface area contributed by atoms with E-state index in [1.165, 1.54) is 6.07 Å². The fourth-order valence-corrected chi connectivity index (χ4v) is 3.39. The third-order valence-electron chi connectivity index (χ3n) is 3.02. The van der Waals surface area contributed by atoms with Crippen molar-refractivity contribution in [1.82, 2.24) is 4.72 Å². The molecule has 1 aromatic rings. The van der Waals surface area contributed by atoms with E-state index in [0.717, 1.165) is 12.0 Å². The van der Waals surface area contributed by atoms with Crippen molar-refractivity contribution in [3.05, 3.63) is 29.3 Å². The molecule has 20 heavy (non-hydrogen) atoms. The molecule has 0 aromatic heterocycles. The molecule has 0 saturated heterocycles. The van der Waals surface area contributed by atoms with Gasteiger partial charge in [0.05, 0.1) is 4.90 Å². The number of hydrogen-bond donors (Lipinski definition) is 2. The number of nitrogens with one attached hydrogen (secondary N) is 1. The van der Waals surface area contributed by atoms with Gasteiger partial charge in [-0.15, -0.1) is 0 Å². The summed E-state index contributed by atoms with van der Waals surface area (Å²) in [6.45, 7) is 4.30. The Labute approximate surface area is 130 Å². The van der Waals surface area contributed by atoms with Gasteiger partial charge in [-0.1, -0.05) is 25.2 Å². The fourth-order valence-electron chi connectivity index (χ4n) is 1.68. The molecule has 0 aliphatic rings. The van der Waals surface area contributed by atoms with Crippen LogP contribution in [0.1, 0.15) is 24.5 Å². The summed E-state index contributed by atoms with van der Waals surface area (Å²) >= 11 is 6.62. The van der Waals surface area contributed by atoms with E-state index < -0.39 is 10.0 Å². The van der Waals surface area contributed by atoms with Crippen molar-refractivity contribution in [2.24, 2.45) is 5.73 Å². The van der Waals surface area contributed by atoms with Crippen LogP contribution < -0.4 is 10.5 Å². The Morgan fingerprint density at radius 1 is 1.50 bits per heavy atom. The van der Waals surface area contributed by atoms with Crippen LogP contribution in [-0.4, -0.2) is 31.5 Å². The molecule has 0 bridgehead atoms. The number of thiocarbonyl (C=S) groups is 1. The second-order valence-electron chi connectivity index (χ2n) is 4.57. The minimum atomic E-state index is -3.47. The highest BCUT2D eigenvalue weighted by Crippen LogP contribution is 2.16. The van der Waals surface area contributed by atoms with Crippen LogP contribution in [0.15, 0.2) is 23.1 Å². The first-order chi connectivity index (χ1) is 9.27. The Morgan fingerprint density at radius 3 is 2.65 bits per heavy atom. The molecule has 0 fully saturated rings. The van der Waals surface area contributed by atoms with Gasteiger partial charge in [0.1, 0.15) is 4.99 Å². The maximum atomic E-state index is 12.2. The van der Waals surface area contributed by atoms with E-state index in [9.17, 15) is 8.42 Å². The first-order valence-corrected chi connectivity index (χ1v) is 9.38. The normalized spacial score (nSPS) is 13.2. The molecule has 4 nitrogen and oxygen atoms in total. The highest BCUT2D eigenvalue weighted by molar-refractivity contribution is 7.99. The van der Waals surface area contributed by atoms with E-state index in [1.807, 2.05) is 6.26 Å². The van der Waals surface area contributed by atoms with E-state index in [-0.39, 0.29) is 9.88 Å². The summed E-state index contributed by atoms with van der Waals surface area (Å²) in [6.07, 6.45) is 2.81. The lowest BCUT2D eigenvalue weighted by molar-refractivity contribution is 0.579. The zero-order chi connectivity index (χ0) is 15.3. The molecule has 1 rings (SSSR count). The maximum absolute atomic E-state index is 12.2. The standard InChI is InChI=1S/C13H20N2O2S3/c1-9-8-11(4-5-12(9)13(14)18)20(16,17)15-7-6-10(2)19-3/h4-5,8,10,15H,6-7H2,1-3H3,(H2,14,18). The summed E-state index contributed by atoms with van der Waals surface area (Å²) in [4.78, 5) is 0.514. The molecular formula is C13H20N2O2S3. The summed E-state index contributed by atoms with van der Waals surface area (Å²) < 4.78 is 26.9. The van der Waals surface area contributed by atoms with Crippen molar-refractivity contribution in [3.63, 3.8) is 0 Å². The van der Waals surface area contributed by atoms with Gasteiger partial charge in [-0.3, -0.25) is 0 Å². The highest BCUT2D eigenvalue weighted by Gasteiger charge is 2.15. The largest absolute Gasteiger partial charge is 0.389 e. The second kappa shape index (κ2) is 7.40. The summed E-state index contributed by atoms with van der Waals surface area (Å²) in [6, 6.07) is 4.77. The smallest absolute Gasteiger partial charge is 0.240 e. The molecule has 0 heterocycles. The van der Waals surface area contributed by atoms with Gasteiger partial charge in [-0.2, -0.15) is 11.8 Å². The molecular weight excluding hydrogens is 312 g/mol. The predicted molar refractivity (Wildman–Crippen MR) is 89.8 cm³/mol. The van der Waals surface area contributed by atoms with Crippen LogP contribution in [-0.2, 0) is 10.0 Å². The van der Waals surface area contributed by atoms with Crippen LogP contribution in [0.25, 0.3) is 0 Å². The molecule has 3 N–H and O–H groups in total. The van der Waals surface area contributed by atoms with Crippen molar-refractivity contribution in [3.8, 4) is 0 Å². The molecule has 0 aliphatic carbocycles. The number of benzene rings is 1. The fraction of sp³-hybridized carbons (Fsp3) is 0.462. The second-order valence-corrected chi connectivity index (χ2v) is 8.06. The lowest BCUT2D eigenvalue weighted by Crippen LogP contribution is -2.26. The number of hydrogen-bond acceptors (Lipinski definition) is 4. The number of nitrogens with two attached hydrogens (primary N) is 1. The minimum absolute atomic E-state index is 0.242. The summed E-state index contributed by atoms with van der Waals surface area (Å²) in [7, 11) is -3.47. The zero-order valence-electron chi connectivity index (χ0n) is 11.8. The molecule has 7 heteroatoms. The third kappa shape index (κ3) is 4.73. The van der Waals surface area contributed by atoms with Gasteiger partial charge in [0.25, 0.3) is 0 Å². The van der Waals surface area contributed by atoms with Crippen molar-refractivity contribution in [1.29, 1.82) is 0 Å². The monoisotopic (exact) mass is 332 g/mol. The third-order valence-corrected chi connectivity index (χ3v) is 5.74. The van der Waals surface area contributed by atoms with Crippen molar-refractivity contribution >= 4 is 39.0 Å². The van der Waals surface area contributed by atoms with E-state index in [0.29, 0.717) is 17.4 Å². The molecule has 1 atom stereocenters. The Hall–Kier alpha value is -0.630. The maximum Gasteiger partial charge on any atom is 0.240 e. The molecule has 0 amide bonds. The van der Waals surface area contributed by atoms with Gasteiger partial charge >= 0.3 is 0 Å². The van der Waals surface area contributed by atoms with Gasteiger partial charge in [-0.05, 0) is 37.3 Å². The summed E-state index contributed by atoms with van der Waals surface area (Å²) in [5.74, 6) is 0. The summed E-state index contributed by atoms with van der Waals surface area (Å²) in [5, 5.41) is 0.427. The Morgan fingerprint density at radius 2 is 2.15 bits per heavy atom. The Bertz CT molecular complexity index is 585. The van der Waals surface area contributed by atoms with Gasteiger partial charge in [-0.25, -0.2) is 13.1 Å². The molecule has 1 aromatic carbocycles. The number of sulfonamides is 1. The summed E-state index contributed by atoms with van der Waals surface area (Å²) in [5.41, 5.74) is 7.03. The van der Waals surface area contributed by atoms with E-state index in [4.69, 9.17) is 18.0 Å². The van der Waals surface area contributed by atoms with E-state index >= 15 is 0 Å². The van der Waals surface area contributed by atoms with Crippen molar-refractivity contribution < 1.29 is 8.42 Å². The van der Waals surface area contributed by atoms with Crippen LogP contribution in [0.4, 0.5) is 0 Å². The SMILES string of the molecule is CSC(C)CCNS(=O)(=O)c1ccc(C(N)=S)c(C)c1. The number of aryl methyl sites for hydroxylation is 1. The zero-order valence-corrected chi connectivity index (χ0v) is 14.3. The van der Waals surface area contributed by atoms with Crippen LogP contribution in [0, 0.1) is 6.92 Å². The molecule has 0 radical (unpaired) electrons. The van der Waals surface area contributed by atoms with Crippen LogP contribution >= 0.6 is 24.0 Å². The molecule has 0 aliphatic heterocycles. The molecule has 0 spiro atoms. The lowest BCUT2D eigenvalue weighted by Gasteiger charge is -2.11. The van der Waals surface area contributed by atoms with Crippen molar-refractivity contribution in [2.45, 2.75) is 30.4 Å². The predicted octanol–water partition coefficient (Wildman–Crippen LogP) is 2.05. The topological polar surface area (TPSA) is 72.2 Å². The quantitative estimate of drug-likeness (QED) is 0.748. The number of thioether (sulfide) groups is 1. The lowest BCUT2D eigenvalue weighted by atomic mass is 10.1. The van der Waals surface area contributed by atoms with Gasteiger partial charge in [0.2, 0.25) is 10.0 Å². The Kier molecular flexibility index (Phi) is 6.44. The van der Waals surface area contributed by atoms with E-state index in [2.05, 4.69) is 11.6 Å². The first kappa shape index (κ1) is 17.4. The average Bonchev–Trinajstić information content (AvgIpc) is 2.37. The van der Waals surface area contributed by atoms with Crippen molar-refractivity contribution in [2.75, 3.05) is 12.8 Å². The Balaban J connectivity index is 2.83. The van der Waals surface area contributed by atoms with Crippen LogP contribution in [0.2, 0.25) is 0 Å². The number of rotatable bonds is 7. The van der Waals surface area contributed by atoms with E-state index in [1.54, 1.807) is 30.8 Å². The van der Waals surface area contributed by atoms with Crippen LogP contribution in [0.3, 0.4) is 0 Å². The molecule has 1 unspecified atom stereocenters. The van der Waals surface area contributed by atoms with Gasteiger partial charge in [0, 0.05) is 17.4 Å².